The molecule has 2 heterocycles. The van der Waals surface area contributed by atoms with Crippen molar-refractivity contribution in [1.82, 2.24) is 9.55 Å². The number of nitrogens with two attached hydrogens (primary N) is 1. The summed E-state index contributed by atoms with van der Waals surface area (Å²) in [4.78, 5) is 4.10. The maximum absolute atomic E-state index is 5.82. The van der Waals surface area contributed by atoms with E-state index in [4.69, 9.17) is 10.2 Å². The normalized spacial score (nSPS) is 12.9. The van der Waals surface area contributed by atoms with Crippen molar-refractivity contribution in [3.63, 3.8) is 0 Å². The van der Waals surface area contributed by atoms with E-state index in [2.05, 4.69) is 9.55 Å². The molecule has 0 saturated carbocycles. The lowest BCUT2D eigenvalue weighted by molar-refractivity contribution is 0.486. The van der Waals surface area contributed by atoms with Crippen molar-refractivity contribution < 1.29 is 4.42 Å². The van der Waals surface area contributed by atoms with Crippen molar-refractivity contribution in [3.05, 3.63) is 42.4 Å². The smallest absolute Gasteiger partial charge is 0.105 e. The van der Waals surface area contributed by atoms with Gasteiger partial charge in [-0.25, -0.2) is 4.98 Å². The van der Waals surface area contributed by atoms with Crippen LogP contribution >= 0.6 is 0 Å². The number of aromatic nitrogens is 2. The molecule has 80 valence electrons. The first kappa shape index (κ1) is 9.98. The van der Waals surface area contributed by atoms with Crippen LogP contribution in [0, 0.1) is 0 Å². The summed E-state index contributed by atoms with van der Waals surface area (Å²) in [6, 6.07) is 3.89. The van der Waals surface area contributed by atoms with E-state index in [-0.39, 0.29) is 6.04 Å². The second-order valence-corrected chi connectivity index (χ2v) is 3.63. The Balaban J connectivity index is 2.02. The maximum atomic E-state index is 5.82. The van der Waals surface area contributed by atoms with Crippen molar-refractivity contribution in [1.29, 1.82) is 0 Å². The molecule has 0 aliphatic rings. The van der Waals surface area contributed by atoms with E-state index < -0.39 is 0 Å². The van der Waals surface area contributed by atoms with Crippen LogP contribution in [0.4, 0.5) is 0 Å². The molecule has 15 heavy (non-hydrogen) atoms. The van der Waals surface area contributed by atoms with E-state index in [0.29, 0.717) is 0 Å². The summed E-state index contributed by atoms with van der Waals surface area (Å²) in [5.74, 6) is 0.985. The van der Waals surface area contributed by atoms with Gasteiger partial charge in [-0.1, -0.05) is 0 Å². The van der Waals surface area contributed by atoms with Crippen LogP contribution in [0.25, 0.3) is 0 Å². The van der Waals surface area contributed by atoms with Crippen molar-refractivity contribution in [2.45, 2.75) is 25.9 Å². The van der Waals surface area contributed by atoms with E-state index in [9.17, 15) is 0 Å². The van der Waals surface area contributed by atoms with E-state index in [1.807, 2.05) is 31.6 Å². The highest BCUT2D eigenvalue weighted by molar-refractivity contribution is 5.04. The number of imidazole rings is 1. The zero-order chi connectivity index (χ0) is 10.7. The average molecular weight is 205 g/mol. The van der Waals surface area contributed by atoms with E-state index in [0.717, 1.165) is 24.4 Å². The molecule has 0 aromatic carbocycles. The molecule has 0 aliphatic carbocycles. The van der Waals surface area contributed by atoms with Gasteiger partial charge in [0.2, 0.25) is 0 Å². The second-order valence-electron chi connectivity index (χ2n) is 3.63. The Morgan fingerprint density at radius 3 is 3.13 bits per heavy atom. The van der Waals surface area contributed by atoms with Gasteiger partial charge in [-0.3, -0.25) is 0 Å². The minimum absolute atomic E-state index is 0.0177. The fraction of sp³-hybridized carbons (Fsp3) is 0.364. The van der Waals surface area contributed by atoms with Gasteiger partial charge in [0.05, 0.1) is 18.3 Å². The summed E-state index contributed by atoms with van der Waals surface area (Å²) >= 11 is 0. The zero-order valence-electron chi connectivity index (χ0n) is 8.76. The second kappa shape index (κ2) is 4.31. The quantitative estimate of drug-likeness (QED) is 0.827. The van der Waals surface area contributed by atoms with E-state index in [1.165, 1.54) is 0 Å². The number of hydrogen-bond acceptors (Lipinski definition) is 3. The van der Waals surface area contributed by atoms with Crippen LogP contribution in [0.3, 0.4) is 0 Å². The summed E-state index contributed by atoms with van der Waals surface area (Å²) in [7, 11) is 0. The van der Waals surface area contributed by atoms with Crippen molar-refractivity contribution >= 4 is 0 Å². The molecule has 0 saturated heterocycles. The Kier molecular flexibility index (Phi) is 2.87. The lowest BCUT2D eigenvalue weighted by atomic mass is 10.2. The van der Waals surface area contributed by atoms with Crippen LogP contribution in [-0.4, -0.2) is 9.55 Å². The molecule has 0 spiro atoms. The third-order valence-electron chi connectivity index (χ3n) is 2.39. The highest BCUT2D eigenvalue weighted by Gasteiger charge is 2.06. The molecule has 2 rings (SSSR count). The van der Waals surface area contributed by atoms with Gasteiger partial charge in [-0.05, 0) is 19.1 Å². The number of nitrogens with zero attached hydrogens (tertiary/aromatic N) is 2. The SMILES string of the molecule is CC(N)c1cncn1CCc1ccco1. The molecule has 2 aromatic rings. The lowest BCUT2D eigenvalue weighted by Gasteiger charge is -2.09. The first-order chi connectivity index (χ1) is 7.27. The number of hydrogen-bond donors (Lipinski definition) is 1. The fourth-order valence-electron chi connectivity index (χ4n) is 1.58. The number of furan rings is 1. The van der Waals surface area contributed by atoms with E-state index >= 15 is 0 Å². The molecule has 0 bridgehead atoms. The highest BCUT2D eigenvalue weighted by Crippen LogP contribution is 2.10. The van der Waals surface area contributed by atoms with Crippen LogP contribution in [0.2, 0.25) is 0 Å². The first-order valence-electron chi connectivity index (χ1n) is 5.05. The molecule has 0 aliphatic heterocycles. The van der Waals surface area contributed by atoms with Crippen molar-refractivity contribution in [3.8, 4) is 0 Å². The Morgan fingerprint density at radius 2 is 2.47 bits per heavy atom. The minimum Gasteiger partial charge on any atom is -0.469 e. The largest absolute Gasteiger partial charge is 0.469 e. The highest BCUT2D eigenvalue weighted by atomic mass is 16.3. The lowest BCUT2D eigenvalue weighted by Crippen LogP contribution is -2.12. The summed E-state index contributed by atoms with van der Waals surface area (Å²) in [6.45, 7) is 2.81. The Labute approximate surface area is 88.7 Å². The van der Waals surface area contributed by atoms with Gasteiger partial charge in [0.25, 0.3) is 0 Å². The first-order valence-corrected chi connectivity index (χ1v) is 5.05. The monoisotopic (exact) mass is 205 g/mol. The fourth-order valence-corrected chi connectivity index (χ4v) is 1.58. The molecular weight excluding hydrogens is 190 g/mol. The molecule has 0 amide bonds. The molecule has 2 aromatic heterocycles. The van der Waals surface area contributed by atoms with Gasteiger partial charge in [0, 0.05) is 25.2 Å². The predicted molar refractivity (Wildman–Crippen MR) is 57.2 cm³/mol. The molecule has 0 fully saturated rings. The molecule has 0 radical (unpaired) electrons. The van der Waals surface area contributed by atoms with E-state index in [1.54, 1.807) is 6.26 Å². The topological polar surface area (TPSA) is 57.0 Å². The third-order valence-corrected chi connectivity index (χ3v) is 2.39. The Morgan fingerprint density at radius 1 is 1.60 bits per heavy atom. The number of aryl methyl sites for hydroxylation is 2. The predicted octanol–water partition coefficient (Wildman–Crippen LogP) is 1.74. The molecule has 4 heteroatoms. The molecule has 1 unspecified atom stereocenters. The van der Waals surface area contributed by atoms with Crippen LogP contribution in [0.1, 0.15) is 24.4 Å². The van der Waals surface area contributed by atoms with Gasteiger partial charge < -0.3 is 14.7 Å². The molecule has 2 N–H and O–H groups in total. The minimum atomic E-state index is 0.0177. The summed E-state index contributed by atoms with van der Waals surface area (Å²) in [5.41, 5.74) is 6.88. The van der Waals surface area contributed by atoms with Crippen molar-refractivity contribution in [2.24, 2.45) is 5.73 Å². The van der Waals surface area contributed by atoms with Gasteiger partial charge in [0.1, 0.15) is 5.76 Å². The van der Waals surface area contributed by atoms with Crippen LogP contribution in [0.15, 0.2) is 35.3 Å². The summed E-state index contributed by atoms with van der Waals surface area (Å²) in [5, 5.41) is 0. The Hall–Kier alpha value is -1.55. The van der Waals surface area contributed by atoms with Gasteiger partial charge in [0.15, 0.2) is 0 Å². The summed E-state index contributed by atoms with van der Waals surface area (Å²) < 4.78 is 7.33. The van der Waals surface area contributed by atoms with Crippen LogP contribution in [0.5, 0.6) is 0 Å². The third kappa shape index (κ3) is 2.27. The van der Waals surface area contributed by atoms with Gasteiger partial charge >= 0.3 is 0 Å². The standard InChI is InChI=1S/C11H15N3O/c1-9(12)11-7-13-8-14(11)5-4-10-3-2-6-15-10/h2-3,6-9H,4-5,12H2,1H3. The van der Waals surface area contributed by atoms with Gasteiger partial charge in [-0.15, -0.1) is 0 Å². The summed E-state index contributed by atoms with van der Waals surface area (Å²) in [6.07, 6.45) is 6.17. The molecular formula is C11H15N3O. The maximum Gasteiger partial charge on any atom is 0.105 e. The average Bonchev–Trinajstić information content (AvgIpc) is 2.86. The van der Waals surface area contributed by atoms with Crippen LogP contribution in [-0.2, 0) is 13.0 Å². The van der Waals surface area contributed by atoms with Crippen molar-refractivity contribution in [2.75, 3.05) is 0 Å². The molecule has 1 atom stereocenters. The zero-order valence-corrected chi connectivity index (χ0v) is 8.76. The van der Waals surface area contributed by atoms with Crippen LogP contribution < -0.4 is 5.73 Å². The number of rotatable bonds is 4. The molecule has 4 nitrogen and oxygen atoms in total. The van der Waals surface area contributed by atoms with Gasteiger partial charge in [-0.2, -0.15) is 0 Å². The Bertz CT molecular complexity index is 403.